The zero-order chi connectivity index (χ0) is 25.9. The van der Waals surface area contributed by atoms with Crippen molar-refractivity contribution in [2.45, 2.75) is 45.2 Å². The zero-order valence-electron chi connectivity index (χ0n) is 20.7. The summed E-state index contributed by atoms with van der Waals surface area (Å²) in [6.07, 6.45) is 2.36. The Morgan fingerprint density at radius 2 is 1.69 bits per heavy atom. The fraction of sp³-hybridized carbons (Fsp3) is 0.310. The highest BCUT2D eigenvalue weighted by molar-refractivity contribution is 6.35. The lowest BCUT2D eigenvalue weighted by molar-refractivity contribution is -0.140. The summed E-state index contributed by atoms with van der Waals surface area (Å²) in [5.41, 5.74) is 2.53. The van der Waals surface area contributed by atoms with Gasteiger partial charge in [-0.15, -0.1) is 0 Å². The number of benzene rings is 3. The van der Waals surface area contributed by atoms with E-state index in [9.17, 15) is 9.59 Å². The molecule has 0 spiro atoms. The van der Waals surface area contributed by atoms with Gasteiger partial charge in [0, 0.05) is 29.6 Å². The topological polar surface area (TPSA) is 58.6 Å². The van der Waals surface area contributed by atoms with E-state index in [4.69, 9.17) is 27.9 Å². The average molecular weight is 527 g/mol. The number of ether oxygens (including phenoxy) is 1. The summed E-state index contributed by atoms with van der Waals surface area (Å²) >= 11 is 12.6. The van der Waals surface area contributed by atoms with E-state index in [0.717, 1.165) is 29.5 Å². The Bertz CT molecular complexity index is 1140. The van der Waals surface area contributed by atoms with Crippen molar-refractivity contribution < 1.29 is 14.3 Å². The van der Waals surface area contributed by atoms with Crippen LogP contribution in [0.1, 0.15) is 36.5 Å². The summed E-state index contributed by atoms with van der Waals surface area (Å²) in [5.74, 6) is 0.367. The Hall–Kier alpha value is -3.02. The van der Waals surface area contributed by atoms with Crippen molar-refractivity contribution in [1.82, 2.24) is 10.2 Å². The van der Waals surface area contributed by atoms with E-state index in [0.29, 0.717) is 28.8 Å². The second kappa shape index (κ2) is 13.9. The van der Waals surface area contributed by atoms with Crippen molar-refractivity contribution in [2.24, 2.45) is 0 Å². The van der Waals surface area contributed by atoms with Crippen LogP contribution in [0.25, 0.3) is 0 Å². The molecular formula is C29H32Cl2N2O3. The van der Waals surface area contributed by atoms with Gasteiger partial charge in [-0.1, -0.05) is 85.1 Å². The molecular weight excluding hydrogens is 495 g/mol. The van der Waals surface area contributed by atoms with Crippen LogP contribution >= 0.6 is 23.2 Å². The molecule has 0 aliphatic rings. The summed E-state index contributed by atoms with van der Waals surface area (Å²) in [5, 5.41) is 3.99. The van der Waals surface area contributed by atoms with Crippen LogP contribution in [0.3, 0.4) is 0 Å². The number of methoxy groups -OCH3 is 1. The molecule has 0 fully saturated rings. The maximum absolute atomic E-state index is 13.8. The first-order chi connectivity index (χ1) is 17.4. The van der Waals surface area contributed by atoms with Gasteiger partial charge in [-0.3, -0.25) is 9.59 Å². The summed E-state index contributed by atoms with van der Waals surface area (Å²) in [7, 11) is 1.60. The number of hydrogen-bond donors (Lipinski definition) is 1. The molecule has 5 nitrogen and oxygen atoms in total. The first-order valence-electron chi connectivity index (χ1n) is 12.1. The van der Waals surface area contributed by atoms with E-state index >= 15 is 0 Å². The van der Waals surface area contributed by atoms with Crippen LogP contribution in [-0.4, -0.2) is 36.4 Å². The smallest absolute Gasteiger partial charge is 0.243 e. The molecule has 1 atom stereocenters. The molecule has 1 N–H and O–H groups in total. The van der Waals surface area contributed by atoms with Crippen molar-refractivity contribution >= 4 is 35.0 Å². The van der Waals surface area contributed by atoms with Crippen molar-refractivity contribution in [3.63, 3.8) is 0 Å². The van der Waals surface area contributed by atoms with Crippen LogP contribution < -0.4 is 10.1 Å². The monoisotopic (exact) mass is 526 g/mol. The Balaban J connectivity index is 1.95. The molecule has 3 aromatic rings. The molecule has 0 aromatic heterocycles. The maximum atomic E-state index is 13.8. The van der Waals surface area contributed by atoms with Crippen LogP contribution in [0.5, 0.6) is 5.75 Å². The molecule has 2 amide bonds. The first-order valence-corrected chi connectivity index (χ1v) is 12.8. The number of amides is 2. The third kappa shape index (κ3) is 8.00. The van der Waals surface area contributed by atoms with Crippen LogP contribution in [0.2, 0.25) is 10.0 Å². The lowest BCUT2D eigenvalue weighted by Gasteiger charge is -2.32. The quantitative estimate of drug-likeness (QED) is 0.290. The molecule has 0 aliphatic carbocycles. The van der Waals surface area contributed by atoms with Gasteiger partial charge in [-0.2, -0.15) is 0 Å². The summed E-state index contributed by atoms with van der Waals surface area (Å²) in [6.45, 7) is 2.81. The predicted molar refractivity (Wildman–Crippen MR) is 146 cm³/mol. The van der Waals surface area contributed by atoms with Crippen LogP contribution in [0.15, 0.2) is 72.8 Å². The van der Waals surface area contributed by atoms with Gasteiger partial charge in [0.25, 0.3) is 0 Å². The van der Waals surface area contributed by atoms with Crippen LogP contribution in [0, 0.1) is 0 Å². The summed E-state index contributed by atoms with van der Waals surface area (Å²) in [6, 6.07) is 21.6. The molecule has 190 valence electrons. The molecule has 0 aliphatic heterocycles. The third-order valence-electron chi connectivity index (χ3n) is 5.97. The Labute approximate surface area is 223 Å². The minimum atomic E-state index is -0.707. The van der Waals surface area contributed by atoms with Gasteiger partial charge in [0.15, 0.2) is 0 Å². The molecule has 0 heterocycles. The van der Waals surface area contributed by atoms with Crippen LogP contribution in [0.4, 0.5) is 0 Å². The molecule has 0 saturated carbocycles. The normalized spacial score (nSPS) is 11.6. The molecule has 0 radical (unpaired) electrons. The van der Waals surface area contributed by atoms with Gasteiger partial charge in [0.1, 0.15) is 11.8 Å². The van der Waals surface area contributed by atoms with Crippen molar-refractivity contribution in [2.75, 3.05) is 13.7 Å². The van der Waals surface area contributed by atoms with E-state index in [1.807, 2.05) is 54.6 Å². The SMILES string of the molecule is CCCCNC(=O)C(Cc1ccccc1)N(Cc1ccc(Cl)cc1Cl)C(=O)Cc1ccc(OC)cc1. The van der Waals surface area contributed by atoms with E-state index in [1.165, 1.54) is 0 Å². The van der Waals surface area contributed by atoms with Gasteiger partial charge < -0.3 is 15.0 Å². The molecule has 0 saturated heterocycles. The summed E-state index contributed by atoms with van der Waals surface area (Å²) in [4.78, 5) is 28.9. The zero-order valence-corrected chi connectivity index (χ0v) is 22.2. The van der Waals surface area contributed by atoms with Gasteiger partial charge >= 0.3 is 0 Å². The second-order valence-corrected chi connectivity index (χ2v) is 9.48. The van der Waals surface area contributed by atoms with Crippen LogP contribution in [-0.2, 0) is 29.0 Å². The van der Waals surface area contributed by atoms with E-state index in [2.05, 4.69) is 12.2 Å². The van der Waals surface area contributed by atoms with Gasteiger partial charge in [-0.25, -0.2) is 0 Å². The van der Waals surface area contributed by atoms with Crippen molar-refractivity contribution in [3.05, 3.63) is 99.5 Å². The first kappa shape index (κ1) is 27.6. The standard InChI is InChI=1S/C29H32Cl2N2O3/c1-3-4-16-32-29(35)27(17-21-8-6-5-7-9-21)33(20-23-12-13-24(30)19-26(23)31)28(34)18-22-10-14-25(36-2)15-11-22/h5-15,19,27H,3-4,16-18,20H2,1-2H3,(H,32,35). The number of unbranched alkanes of at least 4 members (excludes halogenated alkanes) is 1. The van der Waals surface area contributed by atoms with Gasteiger partial charge in [-0.05, 0) is 47.4 Å². The number of nitrogens with zero attached hydrogens (tertiary/aromatic N) is 1. The molecule has 36 heavy (non-hydrogen) atoms. The highest BCUT2D eigenvalue weighted by atomic mass is 35.5. The number of carbonyl (C=O) groups excluding carboxylic acids is 2. The Morgan fingerprint density at radius 1 is 0.972 bits per heavy atom. The highest BCUT2D eigenvalue weighted by Crippen LogP contribution is 2.25. The second-order valence-electron chi connectivity index (χ2n) is 8.63. The lowest BCUT2D eigenvalue weighted by atomic mass is 10.0. The number of carbonyl (C=O) groups is 2. The van der Waals surface area contributed by atoms with E-state index < -0.39 is 6.04 Å². The number of hydrogen-bond acceptors (Lipinski definition) is 3. The number of rotatable bonds is 12. The lowest BCUT2D eigenvalue weighted by Crippen LogP contribution is -2.51. The number of halogens is 2. The minimum absolute atomic E-state index is 0.142. The maximum Gasteiger partial charge on any atom is 0.243 e. The van der Waals surface area contributed by atoms with E-state index in [1.54, 1.807) is 30.2 Å². The largest absolute Gasteiger partial charge is 0.497 e. The molecule has 3 rings (SSSR count). The van der Waals surface area contributed by atoms with Crippen molar-refractivity contribution in [3.8, 4) is 5.75 Å². The Morgan fingerprint density at radius 3 is 2.33 bits per heavy atom. The highest BCUT2D eigenvalue weighted by Gasteiger charge is 2.30. The molecule has 3 aromatic carbocycles. The molecule has 0 bridgehead atoms. The Kier molecular flexibility index (Phi) is 10.6. The van der Waals surface area contributed by atoms with E-state index in [-0.39, 0.29) is 24.8 Å². The third-order valence-corrected chi connectivity index (χ3v) is 6.56. The minimum Gasteiger partial charge on any atom is -0.497 e. The predicted octanol–water partition coefficient (Wildman–Crippen LogP) is 6.10. The molecule has 1 unspecified atom stereocenters. The fourth-order valence-corrected chi connectivity index (χ4v) is 4.38. The number of nitrogens with one attached hydrogen (secondary N) is 1. The van der Waals surface area contributed by atoms with Gasteiger partial charge in [0.2, 0.25) is 11.8 Å². The molecule has 7 heteroatoms. The average Bonchev–Trinajstić information content (AvgIpc) is 2.88. The van der Waals surface area contributed by atoms with Gasteiger partial charge in [0.05, 0.1) is 13.5 Å². The van der Waals surface area contributed by atoms with Crippen molar-refractivity contribution in [1.29, 1.82) is 0 Å². The fourth-order valence-electron chi connectivity index (χ4n) is 3.91. The summed E-state index contributed by atoms with van der Waals surface area (Å²) < 4.78 is 5.23.